The minimum atomic E-state index is -0.285. The van der Waals surface area contributed by atoms with Crippen LogP contribution in [0.3, 0.4) is 0 Å². The Hall–Kier alpha value is -2.05. The SMILES string of the molecule is CSc1cccc(NC(=O)Nc2nc3ccccc3s2)c1. The number of rotatable bonds is 3. The van der Waals surface area contributed by atoms with Gasteiger partial charge in [0.15, 0.2) is 5.13 Å². The van der Waals surface area contributed by atoms with Crippen molar-refractivity contribution in [3.05, 3.63) is 48.5 Å². The predicted molar refractivity (Wildman–Crippen MR) is 90.5 cm³/mol. The number of thioether (sulfide) groups is 1. The first kappa shape index (κ1) is 13.9. The summed E-state index contributed by atoms with van der Waals surface area (Å²) >= 11 is 3.09. The van der Waals surface area contributed by atoms with E-state index in [2.05, 4.69) is 15.6 Å². The van der Waals surface area contributed by atoms with Crippen molar-refractivity contribution in [2.45, 2.75) is 4.90 Å². The van der Waals surface area contributed by atoms with Crippen LogP contribution in [-0.2, 0) is 0 Å². The van der Waals surface area contributed by atoms with Gasteiger partial charge in [-0.3, -0.25) is 5.32 Å². The van der Waals surface area contributed by atoms with Crippen molar-refractivity contribution >= 4 is 50.2 Å². The second kappa shape index (κ2) is 6.15. The standard InChI is InChI=1S/C15H13N3OS2/c1-20-11-6-4-5-10(9-11)16-14(19)18-15-17-12-7-2-3-8-13(12)21-15/h2-9H,1H3,(H2,16,17,18,19). The Morgan fingerprint density at radius 1 is 1.14 bits per heavy atom. The summed E-state index contributed by atoms with van der Waals surface area (Å²) in [7, 11) is 0. The van der Waals surface area contributed by atoms with Gasteiger partial charge in [-0.25, -0.2) is 9.78 Å². The first-order valence-corrected chi connectivity index (χ1v) is 8.36. The maximum atomic E-state index is 12.0. The van der Waals surface area contributed by atoms with Crippen LogP contribution in [0.25, 0.3) is 10.2 Å². The quantitative estimate of drug-likeness (QED) is 0.691. The van der Waals surface area contributed by atoms with Crippen LogP contribution in [0.15, 0.2) is 53.4 Å². The average molecular weight is 315 g/mol. The monoisotopic (exact) mass is 315 g/mol. The van der Waals surface area contributed by atoms with Crippen LogP contribution in [0, 0.1) is 0 Å². The van der Waals surface area contributed by atoms with Crippen molar-refractivity contribution in [1.29, 1.82) is 0 Å². The molecule has 3 aromatic rings. The number of nitrogens with zero attached hydrogens (tertiary/aromatic N) is 1. The molecule has 0 bridgehead atoms. The number of nitrogens with one attached hydrogen (secondary N) is 2. The normalized spacial score (nSPS) is 10.5. The van der Waals surface area contributed by atoms with E-state index in [1.807, 2.05) is 54.8 Å². The van der Waals surface area contributed by atoms with Crippen LogP contribution < -0.4 is 10.6 Å². The second-order valence-corrected chi connectivity index (χ2v) is 6.21. The van der Waals surface area contributed by atoms with Crippen LogP contribution >= 0.6 is 23.1 Å². The highest BCUT2D eigenvalue weighted by molar-refractivity contribution is 7.98. The van der Waals surface area contributed by atoms with Crippen molar-refractivity contribution in [2.75, 3.05) is 16.9 Å². The Morgan fingerprint density at radius 2 is 2.00 bits per heavy atom. The highest BCUT2D eigenvalue weighted by atomic mass is 32.2. The predicted octanol–water partition coefficient (Wildman–Crippen LogP) is 4.66. The molecule has 0 atom stereocenters. The zero-order valence-corrected chi connectivity index (χ0v) is 12.9. The number of para-hydroxylation sites is 1. The molecule has 1 heterocycles. The molecule has 0 aliphatic carbocycles. The fraction of sp³-hybridized carbons (Fsp3) is 0.0667. The van der Waals surface area contributed by atoms with Crippen molar-refractivity contribution in [2.24, 2.45) is 0 Å². The summed E-state index contributed by atoms with van der Waals surface area (Å²) in [6, 6.07) is 15.2. The summed E-state index contributed by atoms with van der Waals surface area (Å²) in [5.74, 6) is 0. The van der Waals surface area contributed by atoms with E-state index in [0.717, 1.165) is 20.8 Å². The fourth-order valence-corrected chi connectivity index (χ4v) is 3.21. The number of hydrogen-bond donors (Lipinski definition) is 2. The summed E-state index contributed by atoms with van der Waals surface area (Å²) in [6.07, 6.45) is 2.00. The highest BCUT2D eigenvalue weighted by Gasteiger charge is 2.07. The van der Waals surface area contributed by atoms with Crippen molar-refractivity contribution in [3.8, 4) is 0 Å². The second-order valence-electron chi connectivity index (χ2n) is 4.30. The van der Waals surface area contributed by atoms with Crippen molar-refractivity contribution < 1.29 is 4.79 Å². The zero-order chi connectivity index (χ0) is 14.7. The van der Waals surface area contributed by atoms with Crippen LogP contribution in [0.4, 0.5) is 15.6 Å². The van der Waals surface area contributed by atoms with E-state index in [1.54, 1.807) is 11.8 Å². The number of carbonyl (C=O) groups is 1. The number of urea groups is 1. The van der Waals surface area contributed by atoms with E-state index in [9.17, 15) is 4.79 Å². The molecular weight excluding hydrogens is 302 g/mol. The Morgan fingerprint density at radius 3 is 2.81 bits per heavy atom. The van der Waals surface area contributed by atoms with Crippen LogP contribution in [0.2, 0.25) is 0 Å². The molecule has 0 fully saturated rings. The van der Waals surface area contributed by atoms with E-state index in [1.165, 1.54) is 11.3 Å². The number of thiazole rings is 1. The van der Waals surface area contributed by atoms with Crippen LogP contribution in [0.5, 0.6) is 0 Å². The fourth-order valence-electron chi connectivity index (χ4n) is 1.89. The molecule has 2 aromatic carbocycles. The van der Waals surface area contributed by atoms with Crippen LogP contribution in [0.1, 0.15) is 0 Å². The first-order chi connectivity index (χ1) is 10.2. The van der Waals surface area contributed by atoms with Crippen LogP contribution in [-0.4, -0.2) is 17.3 Å². The van der Waals surface area contributed by atoms with Gasteiger partial charge < -0.3 is 5.32 Å². The van der Waals surface area contributed by atoms with Gasteiger partial charge in [-0.05, 0) is 36.6 Å². The number of benzene rings is 2. The molecule has 0 aliphatic heterocycles. The summed E-state index contributed by atoms with van der Waals surface area (Å²) < 4.78 is 1.05. The first-order valence-electron chi connectivity index (χ1n) is 6.32. The molecule has 2 N–H and O–H groups in total. The zero-order valence-electron chi connectivity index (χ0n) is 11.3. The maximum absolute atomic E-state index is 12.0. The number of amides is 2. The summed E-state index contributed by atoms with van der Waals surface area (Å²) in [4.78, 5) is 17.5. The molecule has 0 unspecified atom stereocenters. The van der Waals surface area contributed by atoms with Gasteiger partial charge in [0.1, 0.15) is 0 Å². The molecule has 4 nitrogen and oxygen atoms in total. The number of anilines is 2. The van der Waals surface area contributed by atoms with Gasteiger partial charge in [0, 0.05) is 10.6 Å². The van der Waals surface area contributed by atoms with E-state index in [0.29, 0.717) is 5.13 Å². The van der Waals surface area contributed by atoms with Gasteiger partial charge in [-0.2, -0.15) is 0 Å². The number of aromatic nitrogens is 1. The Bertz CT molecular complexity index is 752. The van der Waals surface area contributed by atoms with E-state index in [4.69, 9.17) is 0 Å². The van der Waals surface area contributed by atoms with Gasteiger partial charge in [-0.15, -0.1) is 11.8 Å². The van der Waals surface area contributed by atoms with Crippen molar-refractivity contribution in [1.82, 2.24) is 4.98 Å². The summed E-state index contributed by atoms with van der Waals surface area (Å²) in [5, 5.41) is 6.17. The molecule has 0 spiro atoms. The van der Waals surface area contributed by atoms with Crippen molar-refractivity contribution in [3.63, 3.8) is 0 Å². The summed E-state index contributed by atoms with van der Waals surface area (Å²) in [6.45, 7) is 0. The topological polar surface area (TPSA) is 54.0 Å². The highest BCUT2D eigenvalue weighted by Crippen LogP contribution is 2.25. The lowest BCUT2D eigenvalue weighted by atomic mass is 10.3. The molecule has 3 rings (SSSR count). The third-order valence-corrected chi connectivity index (χ3v) is 4.52. The lowest BCUT2D eigenvalue weighted by Gasteiger charge is -2.06. The van der Waals surface area contributed by atoms with E-state index >= 15 is 0 Å². The van der Waals surface area contributed by atoms with Gasteiger partial charge in [-0.1, -0.05) is 29.5 Å². The smallest absolute Gasteiger partial charge is 0.308 e. The molecule has 106 valence electrons. The largest absolute Gasteiger partial charge is 0.325 e. The molecule has 1 aromatic heterocycles. The Balaban J connectivity index is 1.70. The molecule has 0 aliphatic rings. The van der Waals surface area contributed by atoms with Gasteiger partial charge in [0.05, 0.1) is 10.2 Å². The van der Waals surface area contributed by atoms with Gasteiger partial charge >= 0.3 is 6.03 Å². The number of carbonyl (C=O) groups excluding carboxylic acids is 1. The molecule has 0 radical (unpaired) electrons. The number of fused-ring (bicyclic) bond motifs is 1. The molecular formula is C15H13N3OS2. The molecule has 21 heavy (non-hydrogen) atoms. The Labute approximate surface area is 130 Å². The number of hydrogen-bond acceptors (Lipinski definition) is 4. The third kappa shape index (κ3) is 3.34. The lowest BCUT2D eigenvalue weighted by molar-refractivity contribution is 0.262. The summed E-state index contributed by atoms with van der Waals surface area (Å²) in [5.41, 5.74) is 1.66. The Kier molecular flexibility index (Phi) is 4.08. The lowest BCUT2D eigenvalue weighted by Crippen LogP contribution is -2.19. The van der Waals surface area contributed by atoms with E-state index in [-0.39, 0.29) is 6.03 Å². The molecule has 6 heteroatoms. The molecule has 0 saturated carbocycles. The van der Waals surface area contributed by atoms with Gasteiger partial charge in [0.25, 0.3) is 0 Å². The van der Waals surface area contributed by atoms with E-state index < -0.39 is 0 Å². The minimum Gasteiger partial charge on any atom is -0.308 e. The molecule has 2 amide bonds. The average Bonchev–Trinajstić information content (AvgIpc) is 2.89. The van der Waals surface area contributed by atoms with Gasteiger partial charge in [0.2, 0.25) is 0 Å². The maximum Gasteiger partial charge on any atom is 0.325 e. The third-order valence-electron chi connectivity index (χ3n) is 2.84. The minimum absolute atomic E-state index is 0.285. The molecule has 0 saturated heterocycles.